The monoisotopic (exact) mass is 550 g/mol. The summed E-state index contributed by atoms with van der Waals surface area (Å²) in [4.78, 5) is 21.6. The van der Waals surface area contributed by atoms with Crippen LogP contribution in [0.3, 0.4) is 0 Å². The van der Waals surface area contributed by atoms with E-state index in [0.29, 0.717) is 22.9 Å². The smallest absolute Gasteiger partial charge is 0.416 e. The molecule has 1 heterocycles. The van der Waals surface area contributed by atoms with Gasteiger partial charge >= 0.3 is 12.1 Å². The zero-order valence-electron chi connectivity index (χ0n) is 22.4. The molecule has 208 valence electrons. The van der Waals surface area contributed by atoms with E-state index in [1.165, 1.54) is 12.1 Å². The molecule has 0 bridgehead atoms. The molecule has 6 nitrogen and oxygen atoms in total. The van der Waals surface area contributed by atoms with Gasteiger partial charge in [-0.05, 0) is 57.2 Å². The van der Waals surface area contributed by atoms with E-state index in [9.17, 15) is 18.0 Å². The Hall–Kier alpha value is -4.14. The Morgan fingerprint density at radius 1 is 1.02 bits per heavy atom. The molecule has 0 amide bonds. The van der Waals surface area contributed by atoms with Gasteiger partial charge in [0.2, 0.25) is 0 Å². The second-order valence-electron chi connectivity index (χ2n) is 10.2. The molecule has 0 radical (unpaired) electrons. The first-order valence-electron chi connectivity index (χ1n) is 13.1. The minimum Gasteiger partial charge on any atom is -0.488 e. The van der Waals surface area contributed by atoms with Crippen LogP contribution in [0, 0.1) is 0 Å². The standard InChI is InChI=1S/C31H29F3N2O4/c1-4-38-29(37)30(2,3)40-24-15-21-7-5-6-8-25(21)26(16-24)39-18-22-17-35-28(36-27(22)19-9-10-19)20-11-13-23(14-12-20)31(32,33)34/h5-8,11-17,19H,4,9-10,18H2,1-3H3. The van der Waals surface area contributed by atoms with Gasteiger partial charge in [-0.1, -0.05) is 36.4 Å². The van der Waals surface area contributed by atoms with Gasteiger partial charge < -0.3 is 14.2 Å². The number of hydrogen-bond acceptors (Lipinski definition) is 6. The predicted octanol–water partition coefficient (Wildman–Crippen LogP) is 7.49. The molecule has 1 aliphatic carbocycles. The van der Waals surface area contributed by atoms with Crippen LogP contribution in [-0.2, 0) is 22.3 Å². The molecule has 40 heavy (non-hydrogen) atoms. The van der Waals surface area contributed by atoms with Crippen LogP contribution >= 0.6 is 0 Å². The second-order valence-corrected chi connectivity index (χ2v) is 10.2. The topological polar surface area (TPSA) is 70.5 Å². The van der Waals surface area contributed by atoms with Crippen molar-refractivity contribution in [1.29, 1.82) is 0 Å². The number of rotatable bonds is 9. The average molecular weight is 551 g/mol. The number of hydrogen-bond donors (Lipinski definition) is 0. The lowest BCUT2D eigenvalue weighted by molar-refractivity contribution is -0.158. The van der Waals surface area contributed by atoms with E-state index in [2.05, 4.69) is 4.98 Å². The molecule has 1 saturated carbocycles. The number of alkyl halides is 3. The number of benzene rings is 3. The van der Waals surface area contributed by atoms with Crippen molar-refractivity contribution in [3.8, 4) is 22.9 Å². The van der Waals surface area contributed by atoms with E-state index < -0.39 is 23.3 Å². The third-order valence-corrected chi connectivity index (χ3v) is 6.65. The zero-order valence-corrected chi connectivity index (χ0v) is 22.4. The summed E-state index contributed by atoms with van der Waals surface area (Å²) in [5, 5.41) is 1.75. The van der Waals surface area contributed by atoms with Crippen LogP contribution in [0.1, 0.15) is 56.4 Å². The Morgan fingerprint density at radius 3 is 2.42 bits per heavy atom. The summed E-state index contributed by atoms with van der Waals surface area (Å²) >= 11 is 0. The minimum absolute atomic E-state index is 0.188. The van der Waals surface area contributed by atoms with Crippen LogP contribution in [0.5, 0.6) is 11.5 Å². The molecule has 0 saturated heterocycles. The predicted molar refractivity (Wildman–Crippen MR) is 144 cm³/mol. The zero-order chi connectivity index (χ0) is 28.5. The largest absolute Gasteiger partial charge is 0.488 e. The van der Waals surface area contributed by atoms with Gasteiger partial charge in [0.1, 0.15) is 18.1 Å². The van der Waals surface area contributed by atoms with E-state index in [1.54, 1.807) is 33.0 Å². The van der Waals surface area contributed by atoms with Crippen molar-refractivity contribution in [1.82, 2.24) is 9.97 Å². The maximum atomic E-state index is 13.0. The van der Waals surface area contributed by atoms with Crippen LogP contribution in [-0.4, -0.2) is 28.1 Å². The summed E-state index contributed by atoms with van der Waals surface area (Å²) in [5.41, 5.74) is 0.247. The molecule has 1 fully saturated rings. The number of carbonyl (C=O) groups is 1. The van der Waals surface area contributed by atoms with Crippen molar-refractivity contribution in [2.45, 2.75) is 57.9 Å². The van der Waals surface area contributed by atoms with E-state index in [4.69, 9.17) is 19.2 Å². The van der Waals surface area contributed by atoms with Crippen LogP contribution in [0.2, 0.25) is 0 Å². The summed E-state index contributed by atoms with van der Waals surface area (Å²) in [6, 6.07) is 16.1. The van der Waals surface area contributed by atoms with Gasteiger partial charge in [0.15, 0.2) is 11.4 Å². The minimum atomic E-state index is -4.40. The third kappa shape index (κ3) is 6.03. The molecule has 3 aromatic carbocycles. The summed E-state index contributed by atoms with van der Waals surface area (Å²) in [6.07, 6.45) is -0.766. The van der Waals surface area contributed by atoms with Gasteiger partial charge in [-0.15, -0.1) is 0 Å². The second kappa shape index (κ2) is 10.8. The van der Waals surface area contributed by atoms with Crippen molar-refractivity contribution in [2.75, 3.05) is 6.61 Å². The Bertz CT molecular complexity index is 1530. The first-order chi connectivity index (χ1) is 19.0. The van der Waals surface area contributed by atoms with Gasteiger partial charge in [0, 0.05) is 34.7 Å². The van der Waals surface area contributed by atoms with Crippen molar-refractivity contribution in [3.05, 3.63) is 83.7 Å². The van der Waals surface area contributed by atoms with Crippen molar-refractivity contribution in [2.24, 2.45) is 0 Å². The first-order valence-corrected chi connectivity index (χ1v) is 13.1. The van der Waals surface area contributed by atoms with Crippen LogP contribution in [0.25, 0.3) is 22.2 Å². The summed E-state index contributed by atoms with van der Waals surface area (Å²) in [7, 11) is 0. The van der Waals surface area contributed by atoms with Crippen LogP contribution < -0.4 is 9.47 Å². The van der Waals surface area contributed by atoms with Crippen LogP contribution in [0.15, 0.2) is 66.9 Å². The fraction of sp³-hybridized carbons (Fsp3) is 0.323. The third-order valence-electron chi connectivity index (χ3n) is 6.65. The number of ether oxygens (including phenoxy) is 3. The molecule has 5 rings (SSSR count). The van der Waals surface area contributed by atoms with E-state index >= 15 is 0 Å². The molecule has 0 N–H and O–H groups in total. The lowest BCUT2D eigenvalue weighted by Crippen LogP contribution is -2.39. The molecule has 0 spiro atoms. The number of carbonyl (C=O) groups excluding carboxylic acids is 1. The fourth-order valence-electron chi connectivity index (χ4n) is 4.41. The molecule has 4 aromatic rings. The number of halogens is 3. The highest BCUT2D eigenvalue weighted by atomic mass is 19.4. The normalized spacial score (nSPS) is 13.8. The number of esters is 1. The van der Waals surface area contributed by atoms with Gasteiger partial charge in [-0.25, -0.2) is 14.8 Å². The average Bonchev–Trinajstić information content (AvgIpc) is 3.77. The molecule has 9 heteroatoms. The summed E-state index contributed by atoms with van der Waals surface area (Å²) < 4.78 is 56.4. The quantitative estimate of drug-likeness (QED) is 0.201. The van der Waals surface area contributed by atoms with E-state index in [0.717, 1.165) is 47.0 Å². The summed E-state index contributed by atoms with van der Waals surface area (Å²) in [5.74, 6) is 1.20. The SMILES string of the molecule is CCOC(=O)C(C)(C)Oc1cc(OCc2cnc(-c3ccc(C(F)(F)F)cc3)nc2C2CC2)c2ccccc2c1. The number of nitrogens with zero attached hydrogens (tertiary/aromatic N) is 2. The number of aromatic nitrogens is 2. The Morgan fingerprint density at radius 2 is 1.75 bits per heavy atom. The van der Waals surface area contributed by atoms with Gasteiger partial charge in [0.25, 0.3) is 0 Å². The van der Waals surface area contributed by atoms with Gasteiger partial charge in [-0.2, -0.15) is 13.2 Å². The Labute approximate surface area is 230 Å². The Kier molecular flexibility index (Phi) is 7.40. The molecule has 0 atom stereocenters. The molecular weight excluding hydrogens is 521 g/mol. The van der Waals surface area contributed by atoms with Crippen molar-refractivity contribution < 1.29 is 32.2 Å². The lowest BCUT2D eigenvalue weighted by Gasteiger charge is -2.24. The van der Waals surface area contributed by atoms with E-state index in [1.807, 2.05) is 30.3 Å². The number of fused-ring (bicyclic) bond motifs is 1. The first kappa shape index (κ1) is 27.4. The fourth-order valence-corrected chi connectivity index (χ4v) is 4.41. The highest BCUT2D eigenvalue weighted by molar-refractivity contribution is 5.90. The van der Waals surface area contributed by atoms with Crippen molar-refractivity contribution in [3.63, 3.8) is 0 Å². The molecule has 0 aliphatic heterocycles. The van der Waals surface area contributed by atoms with Gasteiger partial charge in [-0.3, -0.25) is 0 Å². The van der Waals surface area contributed by atoms with Crippen LogP contribution in [0.4, 0.5) is 13.2 Å². The highest BCUT2D eigenvalue weighted by Gasteiger charge is 2.33. The molecular formula is C31H29F3N2O4. The maximum Gasteiger partial charge on any atom is 0.416 e. The molecule has 1 aromatic heterocycles. The Balaban J connectivity index is 1.41. The lowest BCUT2D eigenvalue weighted by atomic mass is 10.1. The molecule has 0 unspecified atom stereocenters. The van der Waals surface area contributed by atoms with Crippen molar-refractivity contribution >= 4 is 16.7 Å². The molecule has 1 aliphatic rings. The highest BCUT2D eigenvalue weighted by Crippen LogP contribution is 2.42. The maximum absolute atomic E-state index is 13.0. The van der Waals surface area contributed by atoms with Gasteiger partial charge in [0.05, 0.1) is 17.9 Å². The summed E-state index contributed by atoms with van der Waals surface area (Å²) in [6.45, 7) is 5.48. The van der Waals surface area contributed by atoms with E-state index in [-0.39, 0.29) is 19.1 Å².